The van der Waals surface area contributed by atoms with Crippen molar-refractivity contribution in [2.45, 2.75) is 56.8 Å². The zero-order chi connectivity index (χ0) is 28.5. The number of aromatic hydroxyl groups is 1. The fourth-order valence-corrected chi connectivity index (χ4v) is 6.55. The first-order valence-electron chi connectivity index (χ1n) is 14.7. The molecule has 1 aromatic carbocycles. The Kier molecular flexibility index (Phi) is 6.98. The van der Waals surface area contributed by atoms with E-state index in [9.17, 15) is 5.11 Å². The summed E-state index contributed by atoms with van der Waals surface area (Å²) in [6, 6.07) is 6.75. The smallest absolute Gasteiger partial charge is 0.232 e. The molecule has 2 saturated carbocycles. The summed E-state index contributed by atoms with van der Waals surface area (Å²) in [6.45, 7) is 0. The summed E-state index contributed by atoms with van der Waals surface area (Å²) in [4.78, 5) is 28.1. The third kappa shape index (κ3) is 5.67. The molecule has 0 spiro atoms. The number of hydrogen-bond donors (Lipinski definition) is 5. The number of aromatic nitrogens is 6. The van der Waals surface area contributed by atoms with Crippen molar-refractivity contribution in [2.24, 2.45) is 11.8 Å². The van der Waals surface area contributed by atoms with Gasteiger partial charge in [-0.1, -0.05) is 24.3 Å². The zero-order valence-electron chi connectivity index (χ0n) is 23.2. The highest BCUT2D eigenvalue weighted by Crippen LogP contribution is 2.58. The molecule has 2 aromatic heterocycles. The summed E-state index contributed by atoms with van der Waals surface area (Å²) in [7, 11) is 0. The molecular formula is C31H34N10O. The summed E-state index contributed by atoms with van der Waals surface area (Å²) in [5, 5.41) is 19.6. The van der Waals surface area contributed by atoms with Crippen molar-refractivity contribution in [3.05, 3.63) is 83.8 Å². The van der Waals surface area contributed by atoms with E-state index in [1.54, 1.807) is 24.3 Å². The van der Waals surface area contributed by atoms with E-state index in [-0.39, 0.29) is 23.5 Å². The van der Waals surface area contributed by atoms with Crippen molar-refractivity contribution in [1.82, 2.24) is 29.9 Å². The monoisotopic (exact) mass is 562 g/mol. The molecule has 0 radical (unpaired) electrons. The number of allylic oxidation sites excluding steroid dienone is 6. The maximum absolute atomic E-state index is 9.58. The van der Waals surface area contributed by atoms with E-state index in [0.29, 0.717) is 29.7 Å². The van der Waals surface area contributed by atoms with Crippen LogP contribution in [0, 0.1) is 11.8 Å². The van der Waals surface area contributed by atoms with E-state index in [0.717, 1.165) is 73.7 Å². The minimum absolute atomic E-state index is 0.196. The average Bonchev–Trinajstić information content (AvgIpc) is 3.61. The van der Waals surface area contributed by atoms with Crippen molar-refractivity contribution in [3.8, 4) is 5.75 Å². The quantitative estimate of drug-likeness (QED) is 0.215. The molecule has 4 aliphatic carbocycles. The Balaban J connectivity index is 1.11. The van der Waals surface area contributed by atoms with Crippen LogP contribution >= 0.6 is 0 Å². The molecule has 3 aromatic rings. The molecule has 0 aliphatic heterocycles. The highest BCUT2D eigenvalue weighted by molar-refractivity contribution is 5.55. The Labute approximate surface area is 244 Å². The van der Waals surface area contributed by atoms with Crippen LogP contribution in [0.25, 0.3) is 0 Å². The van der Waals surface area contributed by atoms with Crippen LogP contribution in [0.2, 0.25) is 0 Å². The normalized spacial score (nSPS) is 24.3. The Morgan fingerprint density at radius 3 is 1.69 bits per heavy atom. The summed E-state index contributed by atoms with van der Waals surface area (Å²) >= 11 is 0. The number of anilines is 5. The van der Waals surface area contributed by atoms with Crippen LogP contribution in [-0.2, 0) is 0 Å². The summed E-state index contributed by atoms with van der Waals surface area (Å²) in [6.07, 6.45) is 19.9. The predicted molar refractivity (Wildman–Crippen MR) is 162 cm³/mol. The van der Waals surface area contributed by atoms with Gasteiger partial charge in [0.05, 0.1) is 0 Å². The predicted octanol–water partition coefficient (Wildman–Crippen LogP) is 5.68. The Morgan fingerprint density at radius 1 is 0.619 bits per heavy atom. The first kappa shape index (κ1) is 26.1. The van der Waals surface area contributed by atoms with Crippen LogP contribution < -0.4 is 21.7 Å². The molecule has 4 atom stereocenters. The number of phenols is 1. The van der Waals surface area contributed by atoms with Gasteiger partial charge < -0.3 is 26.8 Å². The van der Waals surface area contributed by atoms with Crippen molar-refractivity contribution < 1.29 is 5.11 Å². The van der Waals surface area contributed by atoms with Gasteiger partial charge in [-0.3, -0.25) is 0 Å². The fourth-order valence-electron chi connectivity index (χ4n) is 6.55. The summed E-state index contributed by atoms with van der Waals surface area (Å²) in [5.74, 6) is 4.73. The molecule has 4 unspecified atom stereocenters. The number of nitrogens with one attached hydrogen (secondary N) is 3. The number of nitrogen functional groups attached to an aromatic ring is 1. The van der Waals surface area contributed by atoms with E-state index in [1.807, 2.05) is 0 Å². The lowest BCUT2D eigenvalue weighted by atomic mass is 9.81. The first-order chi connectivity index (χ1) is 20.6. The van der Waals surface area contributed by atoms with Gasteiger partial charge in [-0.15, -0.1) is 0 Å². The average molecular weight is 563 g/mol. The van der Waals surface area contributed by atoms with E-state index in [2.05, 4.69) is 62.4 Å². The molecule has 6 N–H and O–H groups in total. The molecule has 11 nitrogen and oxygen atoms in total. The van der Waals surface area contributed by atoms with Gasteiger partial charge in [-0.2, -0.15) is 29.9 Å². The standard InChI is InChI=1S/C31H34N10O/c32-28-36-26(37-29(40-28)35-22-11-13-23(42)14-12-22)24-16-19-15-18(24)17-25(19)27-38-30(33-20-7-3-1-4-8-20)41-31(39-27)34-21-9-5-2-6-10-21/h3,5,7-14,18-19,24-25,42H,1-2,4,6,15-17H2,(H3,32,35,36,37,40)(H2,33,34,38,39,41). The van der Waals surface area contributed by atoms with Gasteiger partial charge in [0.1, 0.15) is 17.4 Å². The second-order valence-electron chi connectivity index (χ2n) is 11.4. The number of nitrogens with zero attached hydrogens (tertiary/aromatic N) is 6. The number of rotatable bonds is 8. The molecule has 214 valence electrons. The Bertz CT molecular complexity index is 1540. The van der Waals surface area contributed by atoms with Crippen molar-refractivity contribution in [2.75, 3.05) is 21.7 Å². The van der Waals surface area contributed by atoms with Crippen LogP contribution in [0.15, 0.2) is 72.1 Å². The third-order valence-corrected chi connectivity index (χ3v) is 8.47. The lowest BCUT2D eigenvalue weighted by Crippen LogP contribution is -2.21. The van der Waals surface area contributed by atoms with Crippen LogP contribution in [0.3, 0.4) is 0 Å². The minimum atomic E-state index is 0.196. The maximum Gasteiger partial charge on any atom is 0.232 e. The molecule has 2 bridgehead atoms. The van der Waals surface area contributed by atoms with Crippen molar-refractivity contribution >= 4 is 29.5 Å². The van der Waals surface area contributed by atoms with Crippen LogP contribution in [-0.4, -0.2) is 35.0 Å². The fraction of sp³-hybridized carbons (Fsp3) is 0.355. The highest BCUT2D eigenvalue weighted by Gasteiger charge is 2.49. The molecule has 7 rings (SSSR count). The maximum atomic E-state index is 9.58. The summed E-state index contributed by atoms with van der Waals surface area (Å²) in [5.41, 5.74) is 8.89. The molecule has 0 saturated heterocycles. The van der Waals surface area contributed by atoms with Gasteiger partial charge in [0.2, 0.25) is 23.8 Å². The Hall–Kier alpha value is -4.80. The molecule has 2 heterocycles. The van der Waals surface area contributed by atoms with E-state index < -0.39 is 0 Å². The molecule has 0 amide bonds. The molecule has 11 heteroatoms. The van der Waals surface area contributed by atoms with Crippen molar-refractivity contribution in [3.63, 3.8) is 0 Å². The lowest BCUT2D eigenvalue weighted by molar-refractivity contribution is 0.355. The van der Waals surface area contributed by atoms with Gasteiger partial charge in [-0.05, 0) is 93.2 Å². The number of nitrogens with two attached hydrogens (primary N) is 1. The number of hydrogen-bond acceptors (Lipinski definition) is 11. The lowest BCUT2D eigenvalue weighted by Gasteiger charge is -2.27. The SMILES string of the molecule is Nc1nc(Nc2ccc(O)cc2)nc(C2CC3CC2CC3c2nc(NC3=CCCC=C3)nc(NC3=CCCC=C3)n2)n1. The zero-order valence-corrected chi connectivity index (χ0v) is 23.2. The number of fused-ring (bicyclic) bond motifs is 2. The topological polar surface area (TPSA) is 160 Å². The van der Waals surface area contributed by atoms with E-state index in [4.69, 9.17) is 25.7 Å². The van der Waals surface area contributed by atoms with E-state index >= 15 is 0 Å². The molecule has 2 fully saturated rings. The molecular weight excluding hydrogens is 528 g/mol. The van der Waals surface area contributed by atoms with Crippen LogP contribution in [0.1, 0.15) is 68.4 Å². The first-order valence-corrected chi connectivity index (χ1v) is 14.7. The Morgan fingerprint density at radius 2 is 1.17 bits per heavy atom. The second kappa shape index (κ2) is 11.2. The third-order valence-electron chi connectivity index (χ3n) is 8.47. The van der Waals surface area contributed by atoms with Crippen LogP contribution in [0.4, 0.5) is 29.5 Å². The second-order valence-corrected chi connectivity index (χ2v) is 11.4. The highest BCUT2D eigenvalue weighted by atomic mass is 16.3. The number of benzene rings is 1. The van der Waals surface area contributed by atoms with Crippen LogP contribution in [0.5, 0.6) is 5.75 Å². The molecule has 4 aliphatic rings. The van der Waals surface area contributed by atoms with Gasteiger partial charge in [0.15, 0.2) is 0 Å². The van der Waals surface area contributed by atoms with E-state index in [1.165, 1.54) is 0 Å². The number of phenolic OH excluding ortho intramolecular Hbond substituents is 1. The minimum Gasteiger partial charge on any atom is -0.508 e. The molecule has 42 heavy (non-hydrogen) atoms. The van der Waals surface area contributed by atoms with Gasteiger partial charge >= 0.3 is 0 Å². The van der Waals surface area contributed by atoms with Gasteiger partial charge in [0, 0.05) is 28.9 Å². The van der Waals surface area contributed by atoms with Gasteiger partial charge in [0.25, 0.3) is 0 Å². The summed E-state index contributed by atoms with van der Waals surface area (Å²) < 4.78 is 0. The van der Waals surface area contributed by atoms with Gasteiger partial charge in [-0.25, -0.2) is 0 Å². The van der Waals surface area contributed by atoms with Crippen molar-refractivity contribution in [1.29, 1.82) is 0 Å². The largest absolute Gasteiger partial charge is 0.508 e.